The van der Waals surface area contributed by atoms with Crippen LogP contribution in [-0.2, 0) is 13.0 Å². The van der Waals surface area contributed by atoms with Gasteiger partial charge in [-0.05, 0) is 74.5 Å². The van der Waals surface area contributed by atoms with Gasteiger partial charge in [0.15, 0.2) is 0 Å². The van der Waals surface area contributed by atoms with E-state index in [2.05, 4.69) is 42.0 Å². The fraction of sp³-hybridized carbons (Fsp3) is 0.296. The summed E-state index contributed by atoms with van der Waals surface area (Å²) in [6.45, 7) is 3.91. The van der Waals surface area contributed by atoms with Crippen LogP contribution in [0.2, 0.25) is 0 Å². The quantitative estimate of drug-likeness (QED) is 0.411. The standard InChI is InChI=1S/C16H14N4.C11H14N2/c1-11-17-14-8-4-5-9-15(14)20(11)10-16-18-12-6-2-3-7-13(12)19-16;1-2-8-3-4-9-5-7-13-11(9)10(8)12-6-1/h2-9H,10H2,1H3,(H,18,19);1-2,6,9,11,13H,3-5,7H2. The molecule has 0 spiro atoms. The number of rotatable bonds is 2. The number of aromatic nitrogens is 5. The fourth-order valence-corrected chi connectivity index (χ4v) is 5.30. The number of hydrogen-bond donors (Lipinski definition) is 2. The van der Waals surface area contributed by atoms with Gasteiger partial charge in [-0.3, -0.25) is 4.98 Å². The van der Waals surface area contributed by atoms with Crippen molar-refractivity contribution < 1.29 is 0 Å². The van der Waals surface area contributed by atoms with Gasteiger partial charge in [-0.25, -0.2) is 9.97 Å². The Hall–Kier alpha value is -3.51. The van der Waals surface area contributed by atoms with Gasteiger partial charge in [-0.15, -0.1) is 0 Å². The van der Waals surface area contributed by atoms with Crippen LogP contribution in [0.15, 0.2) is 66.9 Å². The molecule has 5 aromatic rings. The van der Waals surface area contributed by atoms with Crippen LogP contribution in [-0.4, -0.2) is 31.0 Å². The number of H-pyrrole nitrogens is 1. The zero-order chi connectivity index (χ0) is 22.2. The highest BCUT2D eigenvalue weighted by atomic mass is 15.1. The Bertz CT molecular complexity index is 1380. The number of hydrogen-bond acceptors (Lipinski definition) is 4. The monoisotopic (exact) mass is 436 g/mol. The molecule has 2 unspecified atom stereocenters. The molecule has 1 saturated heterocycles. The van der Waals surface area contributed by atoms with Crippen molar-refractivity contribution in [3.8, 4) is 0 Å². The van der Waals surface area contributed by atoms with E-state index >= 15 is 0 Å². The molecule has 2 N–H and O–H groups in total. The van der Waals surface area contributed by atoms with Gasteiger partial charge in [0.05, 0.1) is 40.3 Å². The van der Waals surface area contributed by atoms with Crippen molar-refractivity contribution in [2.24, 2.45) is 5.92 Å². The maximum Gasteiger partial charge on any atom is 0.127 e. The predicted molar refractivity (Wildman–Crippen MR) is 131 cm³/mol. The Kier molecular flexibility index (Phi) is 5.15. The van der Waals surface area contributed by atoms with E-state index in [0.717, 1.165) is 39.6 Å². The number of nitrogens with one attached hydrogen (secondary N) is 2. The van der Waals surface area contributed by atoms with Gasteiger partial charge in [0.2, 0.25) is 0 Å². The lowest BCUT2D eigenvalue weighted by molar-refractivity contribution is 0.396. The number of pyridine rings is 1. The number of benzene rings is 2. The summed E-state index contributed by atoms with van der Waals surface area (Å²) < 4.78 is 2.19. The average Bonchev–Trinajstić information content (AvgIpc) is 3.57. The number of aromatic amines is 1. The first-order valence-electron chi connectivity index (χ1n) is 11.8. The molecule has 2 aromatic carbocycles. The van der Waals surface area contributed by atoms with Crippen LogP contribution >= 0.6 is 0 Å². The zero-order valence-electron chi connectivity index (χ0n) is 18.8. The SMILES string of the molecule is Cc1nc2ccccc2n1Cc1nc2ccccc2[nH]1.c1cnc2c(c1)CCC1CCNC21. The molecule has 1 aliphatic carbocycles. The molecule has 0 bridgehead atoms. The minimum Gasteiger partial charge on any atom is -0.340 e. The number of para-hydroxylation sites is 4. The fourth-order valence-electron chi connectivity index (χ4n) is 5.30. The Balaban J connectivity index is 0.000000137. The summed E-state index contributed by atoms with van der Waals surface area (Å²) in [5.41, 5.74) is 7.02. The number of aryl methyl sites for hydroxylation is 2. The summed E-state index contributed by atoms with van der Waals surface area (Å²) in [5.74, 6) is 2.81. The molecular formula is C27H28N6. The first kappa shape index (κ1) is 20.1. The minimum absolute atomic E-state index is 0.560. The number of fused-ring (bicyclic) bond motifs is 5. The molecule has 0 saturated carbocycles. The van der Waals surface area contributed by atoms with Crippen LogP contribution in [0, 0.1) is 12.8 Å². The lowest BCUT2D eigenvalue weighted by Gasteiger charge is -2.26. The third-order valence-corrected chi connectivity index (χ3v) is 6.95. The maximum absolute atomic E-state index is 4.63. The number of imidazole rings is 2. The van der Waals surface area contributed by atoms with Crippen molar-refractivity contribution >= 4 is 22.1 Å². The summed E-state index contributed by atoms with van der Waals surface area (Å²) in [6, 6.07) is 21.1. The van der Waals surface area contributed by atoms with Gasteiger partial charge >= 0.3 is 0 Å². The molecule has 1 aliphatic heterocycles. The highest BCUT2D eigenvalue weighted by molar-refractivity contribution is 5.76. The molecule has 2 atom stereocenters. The third-order valence-electron chi connectivity index (χ3n) is 6.95. The molecule has 6 nitrogen and oxygen atoms in total. The lowest BCUT2D eigenvalue weighted by Crippen LogP contribution is -2.24. The summed E-state index contributed by atoms with van der Waals surface area (Å²) in [7, 11) is 0. The van der Waals surface area contributed by atoms with E-state index in [1.807, 2.05) is 61.7 Å². The molecular weight excluding hydrogens is 408 g/mol. The highest BCUT2D eigenvalue weighted by Crippen LogP contribution is 2.37. The molecule has 4 heterocycles. The molecule has 1 fully saturated rings. The highest BCUT2D eigenvalue weighted by Gasteiger charge is 2.33. The van der Waals surface area contributed by atoms with Gasteiger partial charge in [0.25, 0.3) is 0 Å². The molecule has 3 aromatic heterocycles. The predicted octanol–water partition coefficient (Wildman–Crippen LogP) is 4.95. The Morgan fingerprint density at radius 2 is 1.79 bits per heavy atom. The van der Waals surface area contributed by atoms with E-state index < -0.39 is 0 Å². The van der Waals surface area contributed by atoms with E-state index in [9.17, 15) is 0 Å². The van der Waals surface area contributed by atoms with Crippen molar-refractivity contribution in [1.82, 2.24) is 29.8 Å². The van der Waals surface area contributed by atoms with Crippen LogP contribution in [0.3, 0.4) is 0 Å². The topological polar surface area (TPSA) is 71.4 Å². The molecule has 0 radical (unpaired) electrons. The van der Waals surface area contributed by atoms with Crippen molar-refractivity contribution in [3.05, 3.63) is 89.8 Å². The van der Waals surface area contributed by atoms with E-state index in [4.69, 9.17) is 0 Å². The smallest absolute Gasteiger partial charge is 0.127 e. The average molecular weight is 437 g/mol. The third kappa shape index (κ3) is 3.80. The van der Waals surface area contributed by atoms with Crippen LogP contribution in [0.5, 0.6) is 0 Å². The summed E-state index contributed by atoms with van der Waals surface area (Å²) in [5, 5.41) is 3.55. The van der Waals surface area contributed by atoms with Gasteiger partial charge in [-0.1, -0.05) is 30.3 Å². The second kappa shape index (κ2) is 8.45. The Labute approximate surface area is 193 Å². The van der Waals surface area contributed by atoms with Gasteiger partial charge in [0, 0.05) is 6.20 Å². The second-order valence-electron chi connectivity index (χ2n) is 9.00. The second-order valence-corrected chi connectivity index (χ2v) is 9.00. The lowest BCUT2D eigenvalue weighted by atomic mass is 9.83. The zero-order valence-corrected chi connectivity index (χ0v) is 18.8. The van der Waals surface area contributed by atoms with E-state index in [0.29, 0.717) is 12.6 Å². The summed E-state index contributed by atoms with van der Waals surface area (Å²) in [6.07, 6.45) is 5.82. The van der Waals surface area contributed by atoms with Crippen molar-refractivity contribution in [3.63, 3.8) is 0 Å². The molecule has 2 aliphatic rings. The van der Waals surface area contributed by atoms with Crippen LogP contribution < -0.4 is 5.32 Å². The largest absolute Gasteiger partial charge is 0.340 e. The van der Waals surface area contributed by atoms with E-state index in [1.54, 1.807) is 0 Å². The molecule has 166 valence electrons. The Morgan fingerprint density at radius 3 is 2.70 bits per heavy atom. The Morgan fingerprint density at radius 1 is 0.939 bits per heavy atom. The molecule has 33 heavy (non-hydrogen) atoms. The van der Waals surface area contributed by atoms with E-state index in [-0.39, 0.29) is 0 Å². The van der Waals surface area contributed by atoms with Crippen LogP contribution in [0.1, 0.15) is 41.8 Å². The van der Waals surface area contributed by atoms with Crippen LogP contribution in [0.25, 0.3) is 22.1 Å². The number of nitrogens with zero attached hydrogens (tertiary/aromatic N) is 4. The van der Waals surface area contributed by atoms with Gasteiger partial charge in [-0.2, -0.15) is 0 Å². The summed E-state index contributed by atoms with van der Waals surface area (Å²) >= 11 is 0. The van der Waals surface area contributed by atoms with Crippen molar-refractivity contribution in [1.29, 1.82) is 0 Å². The van der Waals surface area contributed by atoms with Gasteiger partial charge < -0.3 is 14.9 Å². The first-order chi connectivity index (χ1) is 16.3. The normalized spacial score (nSPS) is 19.2. The first-order valence-corrected chi connectivity index (χ1v) is 11.8. The molecule has 6 heteroatoms. The van der Waals surface area contributed by atoms with Crippen molar-refractivity contribution in [2.75, 3.05) is 6.54 Å². The van der Waals surface area contributed by atoms with Crippen molar-refractivity contribution in [2.45, 2.75) is 38.8 Å². The minimum atomic E-state index is 0.560. The maximum atomic E-state index is 4.63. The molecule has 7 rings (SSSR count). The van der Waals surface area contributed by atoms with Gasteiger partial charge in [0.1, 0.15) is 11.6 Å². The summed E-state index contributed by atoms with van der Waals surface area (Å²) in [4.78, 5) is 17.1. The van der Waals surface area contributed by atoms with Crippen LogP contribution in [0.4, 0.5) is 0 Å². The molecule has 0 amide bonds. The van der Waals surface area contributed by atoms with E-state index in [1.165, 1.54) is 37.1 Å².